The van der Waals surface area contributed by atoms with E-state index in [0.29, 0.717) is 11.5 Å². The molecule has 2 N–H and O–H groups in total. The largest absolute Gasteiger partial charge is 0.441 e. The van der Waals surface area contributed by atoms with E-state index in [9.17, 15) is 4.79 Å². The molecule has 1 fully saturated rings. The maximum Gasteiger partial charge on any atom is 0.244 e. The Morgan fingerprint density at radius 1 is 1.42 bits per heavy atom. The average molecular weight is 259 g/mol. The Morgan fingerprint density at radius 3 is 2.89 bits per heavy atom. The number of nitrogens with zero attached hydrogens (tertiary/aromatic N) is 2. The van der Waals surface area contributed by atoms with E-state index in [-0.39, 0.29) is 5.91 Å². The monoisotopic (exact) mass is 259 g/mol. The summed E-state index contributed by atoms with van der Waals surface area (Å²) in [7, 11) is 0. The summed E-state index contributed by atoms with van der Waals surface area (Å²) in [5.41, 5.74) is 8.32. The quantitative estimate of drug-likeness (QED) is 0.892. The second kappa shape index (κ2) is 4.66. The van der Waals surface area contributed by atoms with Crippen LogP contribution in [0.4, 0.5) is 0 Å². The topological polar surface area (TPSA) is 72.4 Å². The van der Waals surface area contributed by atoms with Gasteiger partial charge in [-0.15, -0.1) is 0 Å². The molecule has 0 bridgehead atoms. The second-order valence-corrected chi connectivity index (χ2v) is 4.97. The summed E-state index contributed by atoms with van der Waals surface area (Å²) < 4.78 is 5.47. The fourth-order valence-corrected chi connectivity index (χ4v) is 2.53. The number of rotatable bonds is 2. The lowest BCUT2D eigenvalue weighted by Gasteiger charge is -2.20. The summed E-state index contributed by atoms with van der Waals surface area (Å²) in [5, 5.41) is 0. The van der Waals surface area contributed by atoms with Crippen molar-refractivity contribution in [2.45, 2.75) is 25.8 Å². The van der Waals surface area contributed by atoms with Crippen molar-refractivity contribution in [2.75, 3.05) is 13.1 Å². The van der Waals surface area contributed by atoms with Gasteiger partial charge in [-0.2, -0.15) is 0 Å². The number of hydrogen-bond acceptors (Lipinski definition) is 4. The number of hydrogen-bond donors (Lipinski definition) is 1. The van der Waals surface area contributed by atoms with Crippen LogP contribution in [-0.2, 0) is 4.79 Å². The predicted molar refractivity (Wildman–Crippen MR) is 71.5 cm³/mol. The third-order valence-electron chi connectivity index (χ3n) is 3.56. The molecule has 3 rings (SSSR count). The SMILES string of the molecule is Cc1nc2ccc(C(N)C(=O)N3CCCC3)cc2o1. The summed E-state index contributed by atoms with van der Waals surface area (Å²) in [4.78, 5) is 18.3. The fourth-order valence-electron chi connectivity index (χ4n) is 2.53. The first kappa shape index (κ1) is 12.2. The lowest BCUT2D eigenvalue weighted by molar-refractivity contribution is -0.131. The molecule has 1 unspecified atom stereocenters. The number of benzene rings is 1. The Kier molecular flexibility index (Phi) is 2.98. The van der Waals surface area contributed by atoms with Gasteiger partial charge in [0.05, 0.1) is 0 Å². The molecule has 1 amide bonds. The molecule has 1 aliphatic rings. The zero-order chi connectivity index (χ0) is 13.4. The third-order valence-corrected chi connectivity index (χ3v) is 3.56. The van der Waals surface area contributed by atoms with Crippen molar-refractivity contribution in [3.63, 3.8) is 0 Å². The predicted octanol–water partition coefficient (Wildman–Crippen LogP) is 1.76. The van der Waals surface area contributed by atoms with Crippen LogP contribution in [0.15, 0.2) is 22.6 Å². The highest BCUT2D eigenvalue weighted by Crippen LogP contribution is 2.22. The molecule has 1 aromatic carbocycles. The highest BCUT2D eigenvalue weighted by molar-refractivity contribution is 5.85. The first-order chi connectivity index (χ1) is 9.15. The van der Waals surface area contributed by atoms with Crippen LogP contribution in [0.2, 0.25) is 0 Å². The van der Waals surface area contributed by atoms with Crippen molar-refractivity contribution in [3.8, 4) is 0 Å². The molecular weight excluding hydrogens is 242 g/mol. The summed E-state index contributed by atoms with van der Waals surface area (Å²) in [6, 6.07) is 4.89. The number of oxazole rings is 1. The average Bonchev–Trinajstić information content (AvgIpc) is 3.03. The van der Waals surface area contributed by atoms with Crippen LogP contribution in [0.3, 0.4) is 0 Å². The van der Waals surface area contributed by atoms with Crippen molar-refractivity contribution in [1.29, 1.82) is 0 Å². The van der Waals surface area contributed by atoms with Crippen molar-refractivity contribution in [2.24, 2.45) is 5.73 Å². The minimum Gasteiger partial charge on any atom is -0.441 e. The van der Waals surface area contributed by atoms with E-state index in [0.717, 1.165) is 37.0 Å². The van der Waals surface area contributed by atoms with Gasteiger partial charge in [0.25, 0.3) is 0 Å². The smallest absolute Gasteiger partial charge is 0.244 e. The zero-order valence-electron chi connectivity index (χ0n) is 10.9. The van der Waals surface area contributed by atoms with E-state index in [4.69, 9.17) is 10.2 Å². The molecule has 0 saturated carbocycles. The van der Waals surface area contributed by atoms with Gasteiger partial charge in [-0.3, -0.25) is 4.79 Å². The van der Waals surface area contributed by atoms with E-state index in [1.807, 2.05) is 23.1 Å². The summed E-state index contributed by atoms with van der Waals surface area (Å²) in [6.45, 7) is 3.43. The maximum atomic E-state index is 12.2. The van der Waals surface area contributed by atoms with Gasteiger partial charge in [0.1, 0.15) is 11.6 Å². The first-order valence-electron chi connectivity index (χ1n) is 6.56. The van der Waals surface area contributed by atoms with Gasteiger partial charge in [0, 0.05) is 20.0 Å². The molecule has 1 saturated heterocycles. The zero-order valence-corrected chi connectivity index (χ0v) is 10.9. The standard InChI is InChI=1S/C14H17N3O2/c1-9-16-11-5-4-10(8-12(11)19-9)13(15)14(18)17-6-2-3-7-17/h4-5,8,13H,2-3,6-7,15H2,1H3. The number of carbonyl (C=O) groups excluding carboxylic acids is 1. The molecule has 0 radical (unpaired) electrons. The van der Waals surface area contributed by atoms with Crippen molar-refractivity contribution >= 4 is 17.0 Å². The van der Waals surface area contributed by atoms with Crippen molar-refractivity contribution in [3.05, 3.63) is 29.7 Å². The van der Waals surface area contributed by atoms with E-state index >= 15 is 0 Å². The van der Waals surface area contributed by atoms with Gasteiger partial charge < -0.3 is 15.1 Å². The number of nitrogens with two attached hydrogens (primary N) is 1. The van der Waals surface area contributed by atoms with Crippen LogP contribution in [-0.4, -0.2) is 28.9 Å². The van der Waals surface area contributed by atoms with Gasteiger partial charge in [0.2, 0.25) is 5.91 Å². The maximum absolute atomic E-state index is 12.2. The van der Waals surface area contributed by atoms with Gasteiger partial charge in [-0.1, -0.05) is 6.07 Å². The summed E-state index contributed by atoms with van der Waals surface area (Å²) >= 11 is 0. The molecule has 100 valence electrons. The Morgan fingerprint density at radius 2 is 2.16 bits per heavy atom. The molecule has 1 aromatic heterocycles. The van der Waals surface area contributed by atoms with Crippen LogP contribution >= 0.6 is 0 Å². The number of aryl methyl sites for hydroxylation is 1. The molecule has 1 aliphatic heterocycles. The Hall–Kier alpha value is -1.88. The molecule has 2 heterocycles. The molecule has 0 aliphatic carbocycles. The lowest BCUT2D eigenvalue weighted by Crippen LogP contribution is -2.36. The number of carbonyl (C=O) groups is 1. The summed E-state index contributed by atoms with van der Waals surface area (Å²) in [6.07, 6.45) is 2.14. The highest BCUT2D eigenvalue weighted by atomic mass is 16.3. The fraction of sp³-hybridized carbons (Fsp3) is 0.429. The van der Waals surface area contributed by atoms with Crippen LogP contribution in [0.25, 0.3) is 11.1 Å². The molecule has 5 nitrogen and oxygen atoms in total. The Balaban J connectivity index is 1.87. The van der Waals surface area contributed by atoms with Crippen molar-refractivity contribution in [1.82, 2.24) is 9.88 Å². The van der Waals surface area contributed by atoms with Gasteiger partial charge >= 0.3 is 0 Å². The van der Waals surface area contributed by atoms with Crippen LogP contribution in [0.5, 0.6) is 0 Å². The first-order valence-corrected chi connectivity index (χ1v) is 6.56. The molecule has 5 heteroatoms. The van der Waals surface area contributed by atoms with E-state index in [1.54, 1.807) is 6.92 Å². The van der Waals surface area contributed by atoms with Crippen LogP contribution in [0.1, 0.15) is 30.3 Å². The number of fused-ring (bicyclic) bond motifs is 1. The van der Waals surface area contributed by atoms with Gasteiger partial charge in [-0.05, 0) is 30.5 Å². The van der Waals surface area contributed by atoms with Gasteiger partial charge in [-0.25, -0.2) is 4.98 Å². The van der Waals surface area contributed by atoms with Crippen LogP contribution in [0, 0.1) is 6.92 Å². The third kappa shape index (κ3) is 2.21. The lowest BCUT2D eigenvalue weighted by atomic mass is 10.1. The number of likely N-dealkylation sites (tertiary alicyclic amines) is 1. The van der Waals surface area contributed by atoms with E-state index in [1.165, 1.54) is 0 Å². The van der Waals surface area contributed by atoms with E-state index in [2.05, 4.69) is 4.98 Å². The normalized spacial score (nSPS) is 17.1. The molecular formula is C14H17N3O2. The highest BCUT2D eigenvalue weighted by Gasteiger charge is 2.25. The molecule has 2 aromatic rings. The Bertz CT molecular complexity index is 614. The van der Waals surface area contributed by atoms with Gasteiger partial charge in [0.15, 0.2) is 11.5 Å². The molecule has 0 spiro atoms. The molecule has 19 heavy (non-hydrogen) atoms. The Labute approximate surface area is 111 Å². The number of amides is 1. The second-order valence-electron chi connectivity index (χ2n) is 4.97. The van der Waals surface area contributed by atoms with Crippen molar-refractivity contribution < 1.29 is 9.21 Å². The van der Waals surface area contributed by atoms with Crippen LogP contribution < -0.4 is 5.73 Å². The number of aromatic nitrogens is 1. The van der Waals surface area contributed by atoms with E-state index < -0.39 is 6.04 Å². The minimum atomic E-state index is -0.618. The summed E-state index contributed by atoms with van der Waals surface area (Å²) in [5.74, 6) is 0.611. The molecule has 1 atom stereocenters. The minimum absolute atomic E-state index is 0.00640.